The minimum Gasteiger partial charge on any atom is -0.380 e. The van der Waals surface area contributed by atoms with Crippen LogP contribution in [-0.4, -0.2) is 29.7 Å². The van der Waals surface area contributed by atoms with Gasteiger partial charge in [-0.1, -0.05) is 6.92 Å². The molecule has 1 aliphatic heterocycles. The van der Waals surface area contributed by atoms with Crippen molar-refractivity contribution in [3.63, 3.8) is 0 Å². The summed E-state index contributed by atoms with van der Waals surface area (Å²) in [5.74, 6) is 0.777. The van der Waals surface area contributed by atoms with Crippen molar-refractivity contribution in [3.05, 3.63) is 40.4 Å². The maximum Gasteiger partial charge on any atom is 0.270 e. The number of aromatic nitrogens is 1. The third-order valence-corrected chi connectivity index (χ3v) is 3.48. The summed E-state index contributed by atoms with van der Waals surface area (Å²) < 4.78 is 5.21. The Morgan fingerprint density at radius 2 is 2.20 bits per heavy atom. The van der Waals surface area contributed by atoms with E-state index in [9.17, 15) is 10.1 Å². The molecule has 104 valence electrons. The smallest absolute Gasteiger partial charge is 0.270 e. The molecule has 20 heavy (non-hydrogen) atoms. The van der Waals surface area contributed by atoms with Crippen LogP contribution in [0.15, 0.2) is 30.3 Å². The molecule has 1 aliphatic rings. The Hall–Kier alpha value is -2.21. The van der Waals surface area contributed by atoms with Gasteiger partial charge in [0.05, 0.1) is 23.7 Å². The second-order valence-corrected chi connectivity index (χ2v) is 5.49. The summed E-state index contributed by atoms with van der Waals surface area (Å²) in [5.41, 5.74) is 1.00. The fourth-order valence-electron chi connectivity index (χ4n) is 2.18. The summed E-state index contributed by atoms with van der Waals surface area (Å²) in [6.45, 7) is 4.49. The quantitative estimate of drug-likeness (QED) is 0.684. The van der Waals surface area contributed by atoms with Gasteiger partial charge in [0.15, 0.2) is 0 Å². The van der Waals surface area contributed by atoms with Crippen LogP contribution in [0.2, 0.25) is 0 Å². The van der Waals surface area contributed by atoms with Gasteiger partial charge in [0.2, 0.25) is 0 Å². The zero-order valence-electron chi connectivity index (χ0n) is 11.1. The molecule has 0 radical (unpaired) electrons. The topological polar surface area (TPSA) is 77.3 Å². The molecule has 1 N–H and O–H groups in total. The summed E-state index contributed by atoms with van der Waals surface area (Å²) in [5, 5.41) is 14.8. The lowest BCUT2D eigenvalue weighted by Gasteiger charge is -2.38. The van der Waals surface area contributed by atoms with Crippen molar-refractivity contribution in [2.75, 3.05) is 25.1 Å². The number of rotatable bonds is 4. The maximum atomic E-state index is 10.7. The Labute approximate surface area is 115 Å². The van der Waals surface area contributed by atoms with E-state index in [0.717, 1.165) is 36.5 Å². The Balaban J connectivity index is 1.80. The van der Waals surface area contributed by atoms with E-state index in [1.165, 1.54) is 12.1 Å². The zero-order chi connectivity index (χ0) is 14.2. The van der Waals surface area contributed by atoms with Gasteiger partial charge >= 0.3 is 0 Å². The number of nitrogens with zero attached hydrogens (tertiary/aromatic N) is 2. The number of non-ortho nitro benzene ring substituents is 1. The Kier molecular flexibility index (Phi) is 3.02. The molecule has 1 fully saturated rings. The molecule has 0 bridgehead atoms. The van der Waals surface area contributed by atoms with Crippen LogP contribution in [0, 0.1) is 15.5 Å². The normalized spacial score (nSPS) is 16.6. The van der Waals surface area contributed by atoms with Crippen LogP contribution < -0.4 is 5.32 Å². The van der Waals surface area contributed by atoms with Crippen molar-refractivity contribution in [2.24, 2.45) is 5.41 Å². The average molecular weight is 273 g/mol. The fraction of sp³-hybridized carbons (Fsp3) is 0.357. The first-order chi connectivity index (χ1) is 9.56. The summed E-state index contributed by atoms with van der Waals surface area (Å²) in [6.07, 6.45) is 0. The van der Waals surface area contributed by atoms with E-state index in [-0.39, 0.29) is 11.1 Å². The van der Waals surface area contributed by atoms with Crippen LogP contribution in [0.4, 0.5) is 11.5 Å². The second kappa shape index (κ2) is 4.72. The van der Waals surface area contributed by atoms with E-state index in [0.29, 0.717) is 0 Å². The fourth-order valence-corrected chi connectivity index (χ4v) is 2.18. The van der Waals surface area contributed by atoms with Crippen molar-refractivity contribution in [3.8, 4) is 0 Å². The second-order valence-electron chi connectivity index (χ2n) is 5.49. The predicted octanol–water partition coefficient (Wildman–Crippen LogP) is 2.59. The van der Waals surface area contributed by atoms with Gasteiger partial charge in [0.1, 0.15) is 5.82 Å². The van der Waals surface area contributed by atoms with E-state index in [1.54, 1.807) is 6.07 Å². The highest BCUT2D eigenvalue weighted by atomic mass is 16.6. The lowest BCUT2D eigenvalue weighted by Crippen LogP contribution is -2.45. The van der Waals surface area contributed by atoms with Crippen molar-refractivity contribution in [1.29, 1.82) is 0 Å². The number of pyridine rings is 1. The number of hydrogen-bond donors (Lipinski definition) is 1. The molecule has 1 saturated heterocycles. The van der Waals surface area contributed by atoms with E-state index < -0.39 is 4.92 Å². The van der Waals surface area contributed by atoms with Crippen LogP contribution >= 0.6 is 0 Å². The van der Waals surface area contributed by atoms with Crippen molar-refractivity contribution < 1.29 is 9.66 Å². The summed E-state index contributed by atoms with van der Waals surface area (Å²) in [7, 11) is 0. The number of anilines is 1. The number of hydrogen-bond acceptors (Lipinski definition) is 5. The van der Waals surface area contributed by atoms with Gasteiger partial charge in [-0.15, -0.1) is 0 Å². The van der Waals surface area contributed by atoms with E-state index in [2.05, 4.69) is 17.2 Å². The largest absolute Gasteiger partial charge is 0.380 e. The third-order valence-electron chi connectivity index (χ3n) is 3.48. The highest BCUT2D eigenvalue weighted by molar-refractivity contribution is 5.82. The number of nitro groups is 1. The number of nitro benzene ring substituents is 1. The molecular weight excluding hydrogens is 258 g/mol. The number of benzene rings is 1. The lowest BCUT2D eigenvalue weighted by molar-refractivity contribution is -0.384. The Bertz CT molecular complexity index is 668. The average Bonchev–Trinajstić information content (AvgIpc) is 2.42. The Morgan fingerprint density at radius 3 is 2.85 bits per heavy atom. The van der Waals surface area contributed by atoms with Crippen LogP contribution in [0.1, 0.15) is 6.92 Å². The molecule has 1 aromatic carbocycles. The molecule has 3 rings (SSSR count). The van der Waals surface area contributed by atoms with Gasteiger partial charge in [-0.25, -0.2) is 4.98 Å². The van der Waals surface area contributed by atoms with Gasteiger partial charge < -0.3 is 10.1 Å². The molecule has 0 aliphatic carbocycles. The van der Waals surface area contributed by atoms with E-state index >= 15 is 0 Å². The van der Waals surface area contributed by atoms with E-state index in [4.69, 9.17) is 4.74 Å². The van der Waals surface area contributed by atoms with Crippen molar-refractivity contribution in [2.45, 2.75) is 6.92 Å². The van der Waals surface area contributed by atoms with Gasteiger partial charge in [-0.05, 0) is 18.2 Å². The number of fused-ring (bicyclic) bond motifs is 1. The van der Waals surface area contributed by atoms with E-state index in [1.807, 2.05) is 12.1 Å². The summed E-state index contributed by atoms with van der Waals surface area (Å²) in [4.78, 5) is 14.8. The molecule has 0 spiro atoms. The zero-order valence-corrected chi connectivity index (χ0v) is 11.1. The van der Waals surface area contributed by atoms with Gasteiger partial charge in [0, 0.05) is 29.5 Å². The molecule has 0 atom stereocenters. The molecule has 6 nitrogen and oxygen atoms in total. The first kappa shape index (κ1) is 12.8. The monoisotopic (exact) mass is 273 g/mol. The summed E-state index contributed by atoms with van der Waals surface area (Å²) in [6, 6.07) is 8.37. The van der Waals surface area contributed by atoms with Crippen molar-refractivity contribution >= 4 is 22.4 Å². The summed E-state index contributed by atoms with van der Waals surface area (Å²) >= 11 is 0. The van der Waals surface area contributed by atoms with Gasteiger partial charge in [-0.2, -0.15) is 0 Å². The van der Waals surface area contributed by atoms with Crippen LogP contribution in [0.5, 0.6) is 0 Å². The first-order valence-corrected chi connectivity index (χ1v) is 6.43. The molecule has 0 unspecified atom stereocenters. The van der Waals surface area contributed by atoms with Crippen LogP contribution in [0.3, 0.4) is 0 Å². The molecule has 6 heteroatoms. The Morgan fingerprint density at radius 1 is 1.40 bits per heavy atom. The SMILES string of the molecule is CC1(CNc2ccc3cc([N+](=O)[O-])ccc3n2)COC1. The molecule has 0 saturated carbocycles. The minimum atomic E-state index is -0.400. The van der Waals surface area contributed by atoms with Gasteiger partial charge in [-0.3, -0.25) is 10.1 Å². The number of nitrogens with one attached hydrogen (secondary N) is 1. The molecule has 1 aromatic heterocycles. The maximum absolute atomic E-state index is 10.7. The molecule has 0 amide bonds. The predicted molar refractivity (Wildman–Crippen MR) is 75.8 cm³/mol. The standard InChI is InChI=1S/C14H15N3O3/c1-14(8-20-9-14)7-15-13-5-2-10-6-11(17(18)19)3-4-12(10)16-13/h2-6H,7-9H2,1H3,(H,15,16). The van der Waals surface area contributed by atoms with Gasteiger partial charge in [0.25, 0.3) is 5.69 Å². The molecule has 2 heterocycles. The first-order valence-electron chi connectivity index (χ1n) is 6.43. The highest BCUT2D eigenvalue weighted by Gasteiger charge is 2.33. The van der Waals surface area contributed by atoms with Crippen molar-refractivity contribution in [1.82, 2.24) is 4.98 Å². The minimum absolute atomic E-state index is 0.0825. The molecule has 2 aromatic rings. The highest BCUT2D eigenvalue weighted by Crippen LogP contribution is 2.27. The van der Waals surface area contributed by atoms with Crippen LogP contribution in [-0.2, 0) is 4.74 Å². The molecular formula is C14H15N3O3. The third kappa shape index (κ3) is 2.42. The lowest BCUT2D eigenvalue weighted by atomic mass is 9.89. The van der Waals surface area contributed by atoms with Crippen LogP contribution in [0.25, 0.3) is 10.9 Å². The number of ether oxygens (including phenoxy) is 1.